The Balaban J connectivity index is 2.84. The van der Waals surface area contributed by atoms with Crippen molar-refractivity contribution in [2.24, 2.45) is 0 Å². The number of nitrogens with one attached hydrogen (secondary N) is 1. The Bertz CT molecular complexity index is 532. The molecule has 1 aromatic carbocycles. The van der Waals surface area contributed by atoms with E-state index in [9.17, 15) is 13.2 Å². The van der Waals surface area contributed by atoms with Crippen LogP contribution >= 0.6 is 0 Å². The van der Waals surface area contributed by atoms with Gasteiger partial charge < -0.3 is 10.4 Å². The van der Waals surface area contributed by atoms with Crippen LogP contribution in [0.25, 0.3) is 0 Å². The van der Waals surface area contributed by atoms with E-state index in [2.05, 4.69) is 5.32 Å². The van der Waals surface area contributed by atoms with E-state index in [1.807, 2.05) is 0 Å². The molecule has 0 radical (unpaired) electrons. The summed E-state index contributed by atoms with van der Waals surface area (Å²) in [5.74, 6) is -0.889. The van der Waals surface area contributed by atoms with Crippen LogP contribution in [0.2, 0.25) is 0 Å². The first-order valence-electron chi connectivity index (χ1n) is 5.40. The van der Waals surface area contributed by atoms with Gasteiger partial charge in [0.15, 0.2) is 9.84 Å². The smallest absolute Gasteiger partial charge is 0.305 e. The zero-order valence-corrected chi connectivity index (χ0v) is 11.4. The minimum Gasteiger partial charge on any atom is -0.481 e. The highest BCUT2D eigenvalue weighted by Gasteiger charge is 2.21. The third-order valence-electron chi connectivity index (χ3n) is 2.36. The van der Waals surface area contributed by atoms with Gasteiger partial charge in [-0.15, -0.1) is 0 Å². The van der Waals surface area contributed by atoms with Gasteiger partial charge in [-0.05, 0) is 38.1 Å². The Hall–Kier alpha value is -1.56. The Morgan fingerprint density at radius 3 is 2.17 bits per heavy atom. The second kappa shape index (κ2) is 4.97. The number of aliphatic carboxylic acids is 1. The molecule has 0 spiro atoms. The van der Waals surface area contributed by atoms with Gasteiger partial charge in [-0.1, -0.05) is 0 Å². The Morgan fingerprint density at radius 2 is 1.78 bits per heavy atom. The lowest BCUT2D eigenvalue weighted by atomic mass is 10.0. The lowest BCUT2D eigenvalue weighted by molar-refractivity contribution is -0.137. The van der Waals surface area contributed by atoms with Crippen LogP contribution < -0.4 is 5.32 Å². The molecule has 0 unspecified atom stereocenters. The lowest BCUT2D eigenvalue weighted by Gasteiger charge is -2.25. The van der Waals surface area contributed by atoms with Gasteiger partial charge in [0.25, 0.3) is 0 Å². The number of sulfone groups is 1. The molecule has 5 nitrogen and oxygen atoms in total. The summed E-state index contributed by atoms with van der Waals surface area (Å²) in [4.78, 5) is 10.9. The Kier molecular flexibility index (Phi) is 4.01. The molecule has 1 rings (SSSR count). The van der Waals surface area contributed by atoms with Crippen LogP contribution in [0.15, 0.2) is 29.2 Å². The molecule has 0 aliphatic carbocycles. The first kappa shape index (κ1) is 14.5. The SMILES string of the molecule is CC(C)(CC(=O)O)Nc1ccc(S(C)(=O)=O)cc1. The molecule has 2 N–H and O–H groups in total. The average molecular weight is 271 g/mol. The second-order valence-electron chi connectivity index (χ2n) is 4.88. The molecule has 0 atom stereocenters. The molecule has 0 amide bonds. The Morgan fingerprint density at radius 1 is 1.28 bits per heavy atom. The number of benzene rings is 1. The predicted molar refractivity (Wildman–Crippen MR) is 69.5 cm³/mol. The summed E-state index contributed by atoms with van der Waals surface area (Å²) in [5, 5.41) is 11.8. The quantitative estimate of drug-likeness (QED) is 0.852. The van der Waals surface area contributed by atoms with Gasteiger partial charge >= 0.3 is 5.97 Å². The summed E-state index contributed by atoms with van der Waals surface area (Å²) in [6.07, 6.45) is 1.12. The highest BCUT2D eigenvalue weighted by molar-refractivity contribution is 7.90. The van der Waals surface area contributed by atoms with E-state index >= 15 is 0 Å². The Labute approximate surface area is 107 Å². The van der Waals surface area contributed by atoms with Crippen LogP contribution in [0.3, 0.4) is 0 Å². The van der Waals surface area contributed by atoms with E-state index in [0.29, 0.717) is 5.69 Å². The van der Waals surface area contributed by atoms with Crippen molar-refractivity contribution in [1.82, 2.24) is 0 Å². The highest BCUT2D eigenvalue weighted by atomic mass is 32.2. The monoisotopic (exact) mass is 271 g/mol. The van der Waals surface area contributed by atoms with Crippen molar-refractivity contribution in [2.75, 3.05) is 11.6 Å². The highest BCUT2D eigenvalue weighted by Crippen LogP contribution is 2.20. The number of carboxylic acids is 1. The summed E-state index contributed by atoms with van der Waals surface area (Å²) < 4.78 is 22.6. The van der Waals surface area contributed by atoms with Gasteiger partial charge in [0.05, 0.1) is 11.3 Å². The maximum atomic E-state index is 11.3. The van der Waals surface area contributed by atoms with E-state index in [-0.39, 0.29) is 11.3 Å². The van der Waals surface area contributed by atoms with Crippen molar-refractivity contribution in [1.29, 1.82) is 0 Å². The average Bonchev–Trinajstić information content (AvgIpc) is 2.13. The zero-order chi connectivity index (χ0) is 14.0. The van der Waals surface area contributed by atoms with Crippen molar-refractivity contribution >= 4 is 21.5 Å². The fraction of sp³-hybridized carbons (Fsp3) is 0.417. The van der Waals surface area contributed by atoms with E-state index in [1.54, 1.807) is 26.0 Å². The molecule has 0 fully saturated rings. The van der Waals surface area contributed by atoms with Crippen LogP contribution in [0.5, 0.6) is 0 Å². The van der Waals surface area contributed by atoms with Crippen molar-refractivity contribution < 1.29 is 18.3 Å². The fourth-order valence-corrected chi connectivity index (χ4v) is 2.23. The summed E-state index contributed by atoms with van der Waals surface area (Å²) in [5.41, 5.74) is 0.0898. The summed E-state index contributed by atoms with van der Waals surface area (Å²) in [6.45, 7) is 3.54. The molecule has 6 heteroatoms. The molecule has 0 bridgehead atoms. The first-order valence-corrected chi connectivity index (χ1v) is 7.29. The molecule has 0 aromatic heterocycles. The molecule has 0 saturated heterocycles. The summed E-state index contributed by atoms with van der Waals surface area (Å²) in [7, 11) is -3.20. The minimum atomic E-state index is -3.20. The predicted octanol–water partition coefficient (Wildman–Crippen LogP) is 1.76. The maximum absolute atomic E-state index is 11.3. The molecule has 0 aliphatic rings. The van der Waals surface area contributed by atoms with Crippen LogP contribution in [-0.4, -0.2) is 31.3 Å². The van der Waals surface area contributed by atoms with Crippen molar-refractivity contribution in [3.05, 3.63) is 24.3 Å². The largest absolute Gasteiger partial charge is 0.481 e. The van der Waals surface area contributed by atoms with Gasteiger partial charge in [-0.2, -0.15) is 0 Å². The molecule has 0 heterocycles. The molecule has 18 heavy (non-hydrogen) atoms. The van der Waals surface area contributed by atoms with Gasteiger partial charge in [-0.25, -0.2) is 8.42 Å². The van der Waals surface area contributed by atoms with Crippen LogP contribution in [0, 0.1) is 0 Å². The van der Waals surface area contributed by atoms with Gasteiger partial charge in [-0.3, -0.25) is 4.79 Å². The first-order chi connectivity index (χ1) is 8.10. The molecular weight excluding hydrogens is 254 g/mol. The molecule has 1 aromatic rings. The third kappa shape index (κ3) is 4.37. The van der Waals surface area contributed by atoms with Gasteiger partial charge in [0, 0.05) is 17.5 Å². The fourth-order valence-electron chi connectivity index (χ4n) is 1.60. The zero-order valence-electron chi connectivity index (χ0n) is 10.6. The van der Waals surface area contributed by atoms with E-state index in [4.69, 9.17) is 5.11 Å². The normalized spacial score (nSPS) is 12.2. The van der Waals surface area contributed by atoms with E-state index in [1.165, 1.54) is 12.1 Å². The topological polar surface area (TPSA) is 83.5 Å². The standard InChI is InChI=1S/C12H17NO4S/c1-12(2,8-11(14)15)13-9-4-6-10(7-5-9)18(3,16)17/h4-7,13H,8H2,1-3H3,(H,14,15). The van der Waals surface area contributed by atoms with Crippen molar-refractivity contribution in [3.8, 4) is 0 Å². The van der Waals surface area contributed by atoms with Crippen molar-refractivity contribution in [2.45, 2.75) is 30.7 Å². The molecule has 0 saturated carbocycles. The number of carboxylic acid groups (broad SMARTS) is 1. The number of hydrogen-bond donors (Lipinski definition) is 2. The van der Waals surface area contributed by atoms with Crippen LogP contribution in [0.1, 0.15) is 20.3 Å². The van der Waals surface area contributed by atoms with E-state index in [0.717, 1.165) is 6.26 Å². The van der Waals surface area contributed by atoms with Crippen LogP contribution in [-0.2, 0) is 14.6 Å². The van der Waals surface area contributed by atoms with E-state index < -0.39 is 21.3 Å². The molecule has 0 aliphatic heterocycles. The number of carbonyl (C=O) groups is 1. The third-order valence-corrected chi connectivity index (χ3v) is 3.49. The molecular formula is C12H17NO4S. The lowest BCUT2D eigenvalue weighted by Crippen LogP contribution is -2.33. The minimum absolute atomic E-state index is 0.0270. The maximum Gasteiger partial charge on any atom is 0.305 e. The number of anilines is 1. The number of rotatable bonds is 5. The summed E-state index contributed by atoms with van der Waals surface area (Å²) >= 11 is 0. The van der Waals surface area contributed by atoms with Gasteiger partial charge in [0.1, 0.15) is 0 Å². The molecule has 100 valence electrons. The van der Waals surface area contributed by atoms with Gasteiger partial charge in [0.2, 0.25) is 0 Å². The van der Waals surface area contributed by atoms with Crippen LogP contribution in [0.4, 0.5) is 5.69 Å². The van der Waals surface area contributed by atoms with Crippen molar-refractivity contribution in [3.63, 3.8) is 0 Å². The number of hydrogen-bond acceptors (Lipinski definition) is 4. The second-order valence-corrected chi connectivity index (χ2v) is 6.89. The summed E-state index contributed by atoms with van der Waals surface area (Å²) in [6, 6.07) is 6.24.